The Balaban J connectivity index is 3.06. The van der Waals surface area contributed by atoms with Crippen LogP contribution in [0.25, 0.3) is 0 Å². The summed E-state index contributed by atoms with van der Waals surface area (Å²) in [5, 5.41) is 8.36. The largest absolute Gasteiger partial charge is 0.496 e. The highest BCUT2D eigenvalue weighted by molar-refractivity contribution is 5.92. The number of esters is 1. The molecule has 0 aliphatic carbocycles. The van der Waals surface area contributed by atoms with Crippen molar-refractivity contribution in [3.63, 3.8) is 0 Å². The van der Waals surface area contributed by atoms with Crippen LogP contribution in [0.2, 0.25) is 0 Å². The van der Waals surface area contributed by atoms with Crippen molar-refractivity contribution in [2.75, 3.05) is 14.2 Å². The fourth-order valence-electron chi connectivity index (χ4n) is 1.23. The molecule has 4 heteroatoms. The van der Waals surface area contributed by atoms with Gasteiger partial charge in [0.15, 0.2) is 0 Å². The summed E-state index contributed by atoms with van der Waals surface area (Å²) in [4.78, 5) is 11.4. The van der Waals surface area contributed by atoms with E-state index in [9.17, 15) is 4.79 Å². The zero-order valence-electron chi connectivity index (χ0n) is 9.61. The Morgan fingerprint density at radius 3 is 2.76 bits per heavy atom. The van der Waals surface area contributed by atoms with E-state index in [2.05, 4.69) is 16.6 Å². The minimum atomic E-state index is -0.460. The van der Waals surface area contributed by atoms with Gasteiger partial charge in [0.2, 0.25) is 0 Å². The summed E-state index contributed by atoms with van der Waals surface area (Å²) in [6, 6.07) is 6.83. The van der Waals surface area contributed by atoms with Gasteiger partial charge in [0, 0.05) is 5.56 Å². The van der Waals surface area contributed by atoms with Crippen molar-refractivity contribution in [1.82, 2.24) is 0 Å². The van der Waals surface area contributed by atoms with E-state index in [4.69, 9.17) is 10.00 Å². The van der Waals surface area contributed by atoms with Crippen LogP contribution >= 0.6 is 0 Å². The molecule has 1 aromatic rings. The number of nitrogens with zero attached hydrogens (tertiary/aromatic N) is 1. The summed E-state index contributed by atoms with van der Waals surface area (Å²) in [6.45, 7) is 0. The molecule has 0 amide bonds. The topological polar surface area (TPSA) is 59.3 Å². The van der Waals surface area contributed by atoms with E-state index in [0.29, 0.717) is 16.9 Å². The first-order chi connectivity index (χ1) is 8.22. The number of hydrogen-bond donors (Lipinski definition) is 0. The molecule has 0 unspecified atom stereocenters. The Morgan fingerprint density at radius 2 is 2.18 bits per heavy atom. The summed E-state index contributed by atoms with van der Waals surface area (Å²) in [7, 11) is 2.77. The van der Waals surface area contributed by atoms with Crippen LogP contribution in [0.5, 0.6) is 5.75 Å². The van der Waals surface area contributed by atoms with E-state index >= 15 is 0 Å². The van der Waals surface area contributed by atoms with Crippen LogP contribution in [0.1, 0.15) is 22.3 Å². The minimum Gasteiger partial charge on any atom is -0.496 e. The van der Waals surface area contributed by atoms with Gasteiger partial charge in [0.05, 0.1) is 26.7 Å². The van der Waals surface area contributed by atoms with Gasteiger partial charge >= 0.3 is 5.97 Å². The van der Waals surface area contributed by atoms with Crippen molar-refractivity contribution in [2.45, 2.75) is 6.42 Å². The Hall–Kier alpha value is -2.46. The number of ether oxygens (including phenoxy) is 2. The molecule has 0 saturated carbocycles. The molecule has 0 fully saturated rings. The van der Waals surface area contributed by atoms with Gasteiger partial charge in [-0.3, -0.25) is 0 Å². The van der Waals surface area contributed by atoms with Crippen LogP contribution in [-0.2, 0) is 4.74 Å². The van der Waals surface area contributed by atoms with Gasteiger partial charge in [-0.25, -0.2) is 4.79 Å². The highest BCUT2D eigenvalue weighted by Gasteiger charge is 2.12. The first-order valence-electron chi connectivity index (χ1n) is 4.85. The molecule has 0 N–H and O–H groups in total. The number of nitriles is 1. The molecule has 1 aromatic carbocycles. The van der Waals surface area contributed by atoms with E-state index in [-0.39, 0.29) is 6.42 Å². The van der Waals surface area contributed by atoms with Crippen LogP contribution in [0.3, 0.4) is 0 Å². The molecule has 0 heterocycles. The Bertz CT molecular complexity index is 518. The second kappa shape index (κ2) is 6.19. The van der Waals surface area contributed by atoms with Crippen LogP contribution in [0, 0.1) is 23.2 Å². The molecule has 0 radical (unpaired) electrons. The third kappa shape index (κ3) is 3.25. The fourth-order valence-corrected chi connectivity index (χ4v) is 1.23. The maximum atomic E-state index is 11.4. The van der Waals surface area contributed by atoms with Gasteiger partial charge in [0.1, 0.15) is 11.3 Å². The number of hydrogen-bond acceptors (Lipinski definition) is 4. The smallest absolute Gasteiger partial charge is 0.341 e. The molecular weight excluding hydrogens is 218 g/mol. The number of benzene rings is 1. The monoisotopic (exact) mass is 229 g/mol. The zero-order chi connectivity index (χ0) is 12.7. The predicted octanol–water partition coefficient (Wildman–Crippen LogP) is 1.75. The average molecular weight is 229 g/mol. The summed E-state index contributed by atoms with van der Waals surface area (Å²) >= 11 is 0. The van der Waals surface area contributed by atoms with Crippen molar-refractivity contribution >= 4 is 5.97 Å². The van der Waals surface area contributed by atoms with Gasteiger partial charge in [0.25, 0.3) is 0 Å². The molecule has 0 spiro atoms. The van der Waals surface area contributed by atoms with Gasteiger partial charge in [-0.15, -0.1) is 0 Å². The average Bonchev–Trinajstić information content (AvgIpc) is 2.38. The van der Waals surface area contributed by atoms with E-state index in [1.54, 1.807) is 18.2 Å². The normalized spacial score (nSPS) is 8.53. The van der Waals surface area contributed by atoms with Crippen molar-refractivity contribution < 1.29 is 14.3 Å². The zero-order valence-corrected chi connectivity index (χ0v) is 9.61. The summed E-state index contributed by atoms with van der Waals surface area (Å²) in [5.41, 5.74) is 1.03. The van der Waals surface area contributed by atoms with Crippen molar-refractivity contribution in [3.05, 3.63) is 29.3 Å². The minimum absolute atomic E-state index is 0.168. The third-order valence-corrected chi connectivity index (χ3v) is 2.01. The number of rotatable bonds is 2. The molecule has 0 atom stereocenters. The van der Waals surface area contributed by atoms with E-state index in [1.165, 1.54) is 14.2 Å². The summed E-state index contributed by atoms with van der Waals surface area (Å²) < 4.78 is 9.70. The molecule has 86 valence electrons. The summed E-state index contributed by atoms with van der Waals surface area (Å²) in [5.74, 6) is 5.43. The Labute approximate surface area is 99.8 Å². The molecule has 0 aliphatic heterocycles. The molecule has 0 saturated heterocycles. The van der Waals surface area contributed by atoms with Crippen molar-refractivity contribution in [1.29, 1.82) is 5.26 Å². The standard InChI is InChI=1S/C13H11NO3/c1-16-12-9-10(5-3-4-8-14)6-7-11(12)13(15)17-2/h6-7,9H,4H2,1-2H3. The lowest BCUT2D eigenvalue weighted by Gasteiger charge is -2.06. The molecule has 17 heavy (non-hydrogen) atoms. The van der Waals surface area contributed by atoms with Gasteiger partial charge < -0.3 is 9.47 Å². The first-order valence-corrected chi connectivity index (χ1v) is 4.85. The lowest BCUT2D eigenvalue weighted by molar-refractivity contribution is 0.0597. The number of carbonyl (C=O) groups is 1. The summed E-state index contributed by atoms with van der Waals surface area (Å²) in [6.07, 6.45) is 0.168. The van der Waals surface area contributed by atoms with Crippen LogP contribution in [0.4, 0.5) is 0 Å². The predicted molar refractivity (Wildman–Crippen MR) is 61.4 cm³/mol. The van der Waals surface area contributed by atoms with Gasteiger partial charge in [-0.05, 0) is 18.2 Å². The SMILES string of the molecule is COC(=O)c1ccc(C#CCC#N)cc1OC. The highest BCUT2D eigenvalue weighted by Crippen LogP contribution is 2.20. The molecule has 0 aromatic heterocycles. The highest BCUT2D eigenvalue weighted by atomic mass is 16.5. The number of carbonyl (C=O) groups excluding carboxylic acids is 1. The first kappa shape index (κ1) is 12.6. The van der Waals surface area contributed by atoms with Crippen molar-refractivity contribution in [3.8, 4) is 23.7 Å². The Kier molecular flexibility index (Phi) is 4.59. The van der Waals surface area contributed by atoms with E-state index < -0.39 is 5.97 Å². The van der Waals surface area contributed by atoms with Gasteiger partial charge in [-0.2, -0.15) is 5.26 Å². The maximum Gasteiger partial charge on any atom is 0.341 e. The molecular formula is C13H11NO3. The fraction of sp³-hybridized carbons (Fsp3) is 0.231. The third-order valence-electron chi connectivity index (χ3n) is 2.01. The van der Waals surface area contributed by atoms with Crippen LogP contribution in [-0.4, -0.2) is 20.2 Å². The molecule has 0 aliphatic rings. The van der Waals surface area contributed by atoms with Crippen LogP contribution < -0.4 is 4.74 Å². The van der Waals surface area contributed by atoms with E-state index in [0.717, 1.165) is 0 Å². The van der Waals surface area contributed by atoms with Gasteiger partial charge in [-0.1, -0.05) is 11.8 Å². The lowest BCUT2D eigenvalue weighted by atomic mass is 10.1. The lowest BCUT2D eigenvalue weighted by Crippen LogP contribution is -2.04. The molecule has 4 nitrogen and oxygen atoms in total. The Morgan fingerprint density at radius 1 is 1.41 bits per heavy atom. The maximum absolute atomic E-state index is 11.4. The second-order valence-corrected chi connectivity index (χ2v) is 3.04. The van der Waals surface area contributed by atoms with E-state index in [1.807, 2.05) is 6.07 Å². The molecule has 0 bridgehead atoms. The van der Waals surface area contributed by atoms with Crippen LogP contribution in [0.15, 0.2) is 18.2 Å². The quantitative estimate of drug-likeness (QED) is 0.572. The molecule has 1 rings (SSSR count). The number of methoxy groups -OCH3 is 2. The van der Waals surface area contributed by atoms with Crippen molar-refractivity contribution in [2.24, 2.45) is 0 Å². The second-order valence-electron chi connectivity index (χ2n) is 3.04.